The van der Waals surface area contributed by atoms with Crippen LogP contribution in [-0.4, -0.2) is 48.8 Å². The Labute approximate surface area is 200 Å². The number of benzene rings is 3. The van der Waals surface area contributed by atoms with Crippen molar-refractivity contribution in [3.63, 3.8) is 0 Å². The van der Waals surface area contributed by atoms with Gasteiger partial charge in [-0.25, -0.2) is 8.42 Å². The molecule has 1 aliphatic rings. The first kappa shape index (κ1) is 23.5. The number of hydrogen-bond donors (Lipinski definition) is 1. The summed E-state index contributed by atoms with van der Waals surface area (Å²) in [5.74, 6) is 0.677. The summed E-state index contributed by atoms with van der Waals surface area (Å²) in [4.78, 5) is 2.72. The molecule has 2 heterocycles. The highest BCUT2D eigenvalue weighted by atomic mass is 35.5. The van der Waals surface area contributed by atoms with Crippen LogP contribution in [0.15, 0.2) is 70.6 Å². The van der Waals surface area contributed by atoms with E-state index in [0.717, 1.165) is 31.3 Å². The first-order chi connectivity index (χ1) is 15.4. The van der Waals surface area contributed by atoms with Crippen LogP contribution in [0.5, 0.6) is 5.75 Å². The number of sulfone groups is 1. The smallest absolute Gasteiger partial charge is 0.224 e. The fourth-order valence-corrected chi connectivity index (χ4v) is 6.06. The minimum absolute atomic E-state index is 0. The number of halogens is 1. The Bertz CT molecular complexity index is 1370. The molecule has 6 nitrogen and oxygen atoms in total. The van der Waals surface area contributed by atoms with Crippen LogP contribution in [0.2, 0.25) is 0 Å². The molecular weight excluding hydrogens is 458 g/mol. The monoisotopic (exact) mass is 485 g/mol. The maximum atomic E-state index is 13.6. The van der Waals surface area contributed by atoms with Gasteiger partial charge >= 0.3 is 0 Å². The molecule has 0 saturated carbocycles. The van der Waals surface area contributed by atoms with Crippen molar-refractivity contribution in [2.75, 3.05) is 13.1 Å². The molecular formula is C25H28ClN3O3S. The maximum Gasteiger partial charge on any atom is 0.224 e. The van der Waals surface area contributed by atoms with Crippen molar-refractivity contribution < 1.29 is 13.2 Å². The number of nitrogens with zero attached hydrogens (tertiary/aromatic N) is 2. The molecule has 0 atom stereocenters. The lowest BCUT2D eigenvalue weighted by Gasteiger charge is -2.34. The van der Waals surface area contributed by atoms with Gasteiger partial charge in [-0.1, -0.05) is 36.4 Å². The highest BCUT2D eigenvalue weighted by molar-refractivity contribution is 7.91. The molecule has 3 aromatic carbocycles. The van der Waals surface area contributed by atoms with Gasteiger partial charge in [0.05, 0.1) is 10.4 Å². The van der Waals surface area contributed by atoms with Crippen molar-refractivity contribution in [1.29, 1.82) is 0 Å². The summed E-state index contributed by atoms with van der Waals surface area (Å²) in [6.45, 7) is 6.45. The van der Waals surface area contributed by atoms with Gasteiger partial charge in [0, 0.05) is 29.9 Å². The molecule has 4 aromatic rings. The number of hydrogen-bond acceptors (Lipinski definition) is 5. The van der Waals surface area contributed by atoms with Crippen LogP contribution >= 0.6 is 12.4 Å². The highest BCUT2D eigenvalue weighted by Gasteiger charge is 2.26. The van der Waals surface area contributed by atoms with E-state index >= 15 is 0 Å². The molecule has 33 heavy (non-hydrogen) atoms. The number of ether oxygens (including phenoxy) is 1. The second-order valence-corrected chi connectivity index (χ2v) is 10.5. The summed E-state index contributed by atoms with van der Waals surface area (Å²) in [7, 11) is -3.80. The Morgan fingerprint density at radius 3 is 2.48 bits per heavy atom. The standard InChI is InChI=1S/C25H27N3O3S.ClH/c1-17(2)28-14-12-19(13-15-28)31-20-10-11-23-22(16-20)25(27-26-23)32(29,30)24-9-5-7-18-6-3-4-8-21(18)24;/h3-11,16-17,19H,12-15H2,1-2H3,(H,26,27);1H. The molecule has 5 rings (SSSR count). The van der Waals surface area contributed by atoms with Crippen molar-refractivity contribution in [3.8, 4) is 5.75 Å². The fourth-order valence-electron chi connectivity index (χ4n) is 4.49. The highest BCUT2D eigenvalue weighted by Crippen LogP contribution is 2.33. The average Bonchev–Trinajstić information content (AvgIpc) is 3.23. The maximum absolute atomic E-state index is 13.6. The molecule has 0 bridgehead atoms. The van der Waals surface area contributed by atoms with E-state index in [2.05, 4.69) is 28.9 Å². The van der Waals surface area contributed by atoms with Crippen LogP contribution < -0.4 is 4.74 Å². The van der Waals surface area contributed by atoms with E-state index in [1.807, 2.05) is 42.5 Å². The predicted molar refractivity (Wildman–Crippen MR) is 133 cm³/mol. The first-order valence-corrected chi connectivity index (χ1v) is 12.5. The molecule has 1 aliphatic heterocycles. The molecule has 1 N–H and O–H groups in total. The Hall–Kier alpha value is -2.61. The third kappa shape index (κ3) is 4.45. The fraction of sp³-hybridized carbons (Fsp3) is 0.320. The third-order valence-corrected chi connectivity index (χ3v) is 8.09. The first-order valence-electron chi connectivity index (χ1n) is 11.0. The predicted octanol–water partition coefficient (Wildman–Crippen LogP) is 5.22. The molecule has 0 unspecified atom stereocenters. The van der Waals surface area contributed by atoms with Gasteiger partial charge in [0.1, 0.15) is 11.9 Å². The van der Waals surface area contributed by atoms with Crippen LogP contribution in [0.1, 0.15) is 26.7 Å². The molecule has 0 spiro atoms. The summed E-state index contributed by atoms with van der Waals surface area (Å²) >= 11 is 0. The lowest BCUT2D eigenvalue weighted by Crippen LogP contribution is -2.41. The quantitative estimate of drug-likeness (QED) is 0.419. The minimum atomic E-state index is -3.80. The van der Waals surface area contributed by atoms with E-state index in [0.29, 0.717) is 28.1 Å². The molecule has 1 fully saturated rings. The molecule has 8 heteroatoms. The van der Waals surface area contributed by atoms with E-state index in [9.17, 15) is 8.42 Å². The molecule has 0 aliphatic carbocycles. The second-order valence-electron chi connectivity index (χ2n) is 8.66. The van der Waals surface area contributed by atoms with Crippen molar-refractivity contribution in [2.24, 2.45) is 0 Å². The van der Waals surface area contributed by atoms with Crippen LogP contribution in [-0.2, 0) is 9.84 Å². The zero-order valence-electron chi connectivity index (χ0n) is 18.7. The molecule has 174 valence electrons. The van der Waals surface area contributed by atoms with Crippen LogP contribution in [0.25, 0.3) is 21.7 Å². The van der Waals surface area contributed by atoms with E-state index in [4.69, 9.17) is 4.74 Å². The number of rotatable bonds is 5. The SMILES string of the molecule is CC(C)N1CCC(Oc2ccc3n[nH]c(S(=O)(=O)c4cccc5ccccc45)c3c2)CC1.Cl. The largest absolute Gasteiger partial charge is 0.490 e. The van der Waals surface area contributed by atoms with Crippen molar-refractivity contribution >= 4 is 43.9 Å². The summed E-state index contributed by atoms with van der Waals surface area (Å²) < 4.78 is 33.5. The number of aromatic amines is 1. The van der Waals surface area contributed by atoms with Crippen LogP contribution in [0.3, 0.4) is 0 Å². The zero-order chi connectivity index (χ0) is 22.3. The van der Waals surface area contributed by atoms with Crippen molar-refractivity contribution in [2.45, 2.75) is 48.8 Å². The number of likely N-dealkylation sites (tertiary alicyclic amines) is 1. The summed E-state index contributed by atoms with van der Waals surface area (Å²) in [5.41, 5.74) is 0.603. The van der Waals surface area contributed by atoms with Crippen LogP contribution in [0.4, 0.5) is 0 Å². The van der Waals surface area contributed by atoms with E-state index in [-0.39, 0.29) is 28.4 Å². The van der Waals surface area contributed by atoms with Crippen LogP contribution in [0, 0.1) is 0 Å². The van der Waals surface area contributed by atoms with E-state index in [1.165, 1.54) is 0 Å². The molecule has 1 saturated heterocycles. The Kier molecular flexibility index (Phi) is 6.66. The van der Waals surface area contributed by atoms with Gasteiger partial charge < -0.3 is 9.64 Å². The number of H-pyrrole nitrogens is 1. The number of aromatic nitrogens is 2. The summed E-state index contributed by atoms with van der Waals surface area (Å²) in [6.07, 6.45) is 2.05. The Balaban J connectivity index is 0.00000259. The third-order valence-electron chi connectivity index (χ3n) is 6.31. The van der Waals surface area contributed by atoms with Crippen molar-refractivity contribution in [3.05, 3.63) is 60.7 Å². The van der Waals surface area contributed by atoms with Gasteiger partial charge in [0.2, 0.25) is 9.84 Å². The average molecular weight is 486 g/mol. The zero-order valence-corrected chi connectivity index (χ0v) is 20.3. The number of fused-ring (bicyclic) bond motifs is 2. The Morgan fingerprint density at radius 2 is 1.73 bits per heavy atom. The molecule has 0 amide bonds. The molecule has 0 radical (unpaired) electrons. The second kappa shape index (κ2) is 9.33. The van der Waals surface area contributed by atoms with Gasteiger partial charge in [-0.05, 0) is 56.3 Å². The Morgan fingerprint density at radius 1 is 1.00 bits per heavy atom. The lowest BCUT2D eigenvalue weighted by molar-refractivity contribution is 0.0844. The summed E-state index contributed by atoms with van der Waals surface area (Å²) in [5, 5.41) is 9.24. The van der Waals surface area contributed by atoms with Gasteiger partial charge in [0.25, 0.3) is 0 Å². The minimum Gasteiger partial charge on any atom is -0.490 e. The van der Waals surface area contributed by atoms with E-state index < -0.39 is 9.84 Å². The van der Waals surface area contributed by atoms with Crippen molar-refractivity contribution in [1.82, 2.24) is 15.1 Å². The topological polar surface area (TPSA) is 75.3 Å². The molecule has 1 aromatic heterocycles. The lowest BCUT2D eigenvalue weighted by atomic mass is 10.1. The summed E-state index contributed by atoms with van der Waals surface area (Å²) in [6, 6.07) is 18.8. The van der Waals surface area contributed by atoms with Gasteiger partial charge in [-0.2, -0.15) is 5.10 Å². The van der Waals surface area contributed by atoms with Gasteiger partial charge in [-0.15, -0.1) is 12.4 Å². The normalized spacial score (nSPS) is 15.7. The van der Waals surface area contributed by atoms with Gasteiger partial charge in [-0.3, -0.25) is 5.10 Å². The number of nitrogens with one attached hydrogen (secondary N) is 1. The van der Waals surface area contributed by atoms with Gasteiger partial charge in [0.15, 0.2) is 5.03 Å². The van der Waals surface area contributed by atoms with E-state index in [1.54, 1.807) is 18.2 Å². The number of piperidine rings is 1.